The van der Waals surface area contributed by atoms with Crippen molar-refractivity contribution in [2.45, 2.75) is 50.1 Å². The Morgan fingerprint density at radius 3 is 2.26 bits per heavy atom. The van der Waals surface area contributed by atoms with Gasteiger partial charge in [-0.1, -0.05) is 0 Å². The van der Waals surface area contributed by atoms with Crippen LogP contribution >= 0.6 is 0 Å². The number of fused-ring (bicyclic) bond motifs is 1. The lowest BCUT2D eigenvalue weighted by Gasteiger charge is -2.28. The van der Waals surface area contributed by atoms with E-state index in [2.05, 4.69) is 20.9 Å². The van der Waals surface area contributed by atoms with Crippen molar-refractivity contribution in [1.82, 2.24) is 10.3 Å². The van der Waals surface area contributed by atoms with Crippen LogP contribution < -0.4 is 30.2 Å². The van der Waals surface area contributed by atoms with Crippen molar-refractivity contribution in [3.8, 4) is 23.0 Å². The predicted molar refractivity (Wildman–Crippen MR) is 182 cm³/mol. The molecule has 0 bridgehead atoms. The van der Waals surface area contributed by atoms with Crippen molar-refractivity contribution < 1.29 is 41.0 Å². The molecule has 262 valence electrons. The van der Waals surface area contributed by atoms with Gasteiger partial charge in [-0.2, -0.15) is 0 Å². The van der Waals surface area contributed by atoms with Crippen molar-refractivity contribution in [1.29, 1.82) is 0 Å². The van der Waals surface area contributed by atoms with Crippen LogP contribution in [0.15, 0.2) is 66.9 Å². The van der Waals surface area contributed by atoms with Crippen LogP contribution in [0, 0.1) is 17.0 Å². The van der Waals surface area contributed by atoms with Crippen LogP contribution in [0.2, 0.25) is 0 Å². The Bertz CT molecular complexity index is 2060. The number of anilines is 2. The molecule has 11 nitrogen and oxygen atoms in total. The number of carbonyl (C=O) groups is 2. The molecule has 50 heavy (non-hydrogen) atoms. The molecule has 14 heteroatoms. The van der Waals surface area contributed by atoms with E-state index in [9.17, 15) is 22.4 Å². The van der Waals surface area contributed by atoms with E-state index in [0.29, 0.717) is 66.1 Å². The summed E-state index contributed by atoms with van der Waals surface area (Å²) in [5.74, 6) is -0.484. The Balaban J connectivity index is 1.01. The summed E-state index contributed by atoms with van der Waals surface area (Å²) < 4.78 is 70.1. The Hall–Kier alpha value is -4.82. The number of nitrogens with one attached hydrogen (secondary N) is 3. The standard InChI is InChI=1S/C36H36F2N4O7S/c1-47-31-19-26-29(20-32(31)48-21-35(11-12-35)42-24-9-16-50(45,46)17-10-24)39-15-8-30(26)49-25-6-7-28(27(38)18-25)41-34(44)36(13-14-36)33(43)40-23-4-2-22(37)3-5-23/h2-8,15,18-20,24,42H,9-14,16-17,21H2,1H3,(H,40,43)(H,41,44). The number of halogens is 2. The molecule has 2 amide bonds. The molecule has 0 atom stereocenters. The first-order valence-corrected chi connectivity index (χ1v) is 18.2. The van der Waals surface area contributed by atoms with Crippen molar-refractivity contribution >= 4 is 43.9 Å². The van der Waals surface area contributed by atoms with Gasteiger partial charge in [0.25, 0.3) is 0 Å². The number of hydrogen-bond donors (Lipinski definition) is 3. The average Bonchev–Trinajstić information content (AvgIpc) is 4.04. The Labute approximate surface area is 287 Å². The lowest BCUT2D eigenvalue weighted by atomic mass is 10.0. The molecule has 3 N–H and O–H groups in total. The van der Waals surface area contributed by atoms with Gasteiger partial charge in [0, 0.05) is 35.4 Å². The molecule has 0 spiro atoms. The number of aromatic nitrogens is 1. The first-order valence-electron chi connectivity index (χ1n) is 16.4. The molecule has 3 fully saturated rings. The highest BCUT2D eigenvalue weighted by atomic mass is 32.2. The van der Waals surface area contributed by atoms with E-state index < -0.39 is 38.7 Å². The number of hydrogen-bond acceptors (Lipinski definition) is 9. The molecule has 7 rings (SSSR count). The van der Waals surface area contributed by atoms with Gasteiger partial charge in [-0.15, -0.1) is 0 Å². The molecule has 2 aliphatic carbocycles. The molecule has 1 aliphatic heterocycles. The number of benzene rings is 3. The van der Waals surface area contributed by atoms with Crippen LogP contribution in [-0.4, -0.2) is 62.0 Å². The Morgan fingerprint density at radius 2 is 1.60 bits per heavy atom. The molecule has 4 aromatic rings. The number of pyridine rings is 1. The minimum absolute atomic E-state index is 0.109. The van der Waals surface area contributed by atoms with E-state index in [-0.39, 0.29) is 34.5 Å². The van der Waals surface area contributed by atoms with Gasteiger partial charge < -0.3 is 30.2 Å². The number of rotatable bonds is 12. The Morgan fingerprint density at radius 1 is 0.880 bits per heavy atom. The number of methoxy groups -OCH3 is 1. The third kappa shape index (κ3) is 7.22. The Kier molecular flexibility index (Phi) is 8.85. The first kappa shape index (κ1) is 33.7. The summed E-state index contributed by atoms with van der Waals surface area (Å²) in [6.07, 6.45) is 5.20. The topological polar surface area (TPSA) is 145 Å². The van der Waals surface area contributed by atoms with Crippen molar-refractivity contribution in [2.24, 2.45) is 5.41 Å². The average molecular weight is 707 g/mol. The summed E-state index contributed by atoms with van der Waals surface area (Å²) in [7, 11) is -1.41. The largest absolute Gasteiger partial charge is 0.493 e. The highest BCUT2D eigenvalue weighted by Crippen LogP contribution is 2.48. The third-order valence-electron chi connectivity index (χ3n) is 9.55. The number of carbonyl (C=O) groups excluding carboxylic acids is 2. The molecular formula is C36H36F2N4O7S. The number of nitrogens with zero attached hydrogens (tertiary/aromatic N) is 1. The first-order chi connectivity index (χ1) is 24.0. The smallest absolute Gasteiger partial charge is 0.240 e. The lowest BCUT2D eigenvalue weighted by Crippen LogP contribution is -2.47. The van der Waals surface area contributed by atoms with Gasteiger partial charge in [-0.3, -0.25) is 14.6 Å². The fourth-order valence-electron chi connectivity index (χ4n) is 6.15. The maximum Gasteiger partial charge on any atom is 0.240 e. The van der Waals surface area contributed by atoms with Crippen LogP contribution in [0.4, 0.5) is 20.2 Å². The quantitative estimate of drug-likeness (QED) is 0.157. The number of ether oxygens (including phenoxy) is 3. The summed E-state index contributed by atoms with van der Waals surface area (Å²) >= 11 is 0. The fourth-order valence-corrected chi connectivity index (χ4v) is 7.64. The van der Waals surface area contributed by atoms with E-state index in [1.807, 2.05) is 0 Å². The zero-order valence-electron chi connectivity index (χ0n) is 27.3. The summed E-state index contributed by atoms with van der Waals surface area (Å²) in [4.78, 5) is 30.4. The van der Waals surface area contributed by atoms with Crippen LogP contribution in [0.25, 0.3) is 10.9 Å². The molecule has 0 unspecified atom stereocenters. The zero-order chi connectivity index (χ0) is 35.1. The summed E-state index contributed by atoms with van der Waals surface area (Å²) in [5, 5.41) is 9.37. The van der Waals surface area contributed by atoms with E-state index in [1.54, 1.807) is 24.4 Å². The van der Waals surface area contributed by atoms with Crippen LogP contribution in [-0.2, 0) is 19.4 Å². The second kappa shape index (κ2) is 13.1. The van der Waals surface area contributed by atoms with E-state index in [4.69, 9.17) is 14.2 Å². The van der Waals surface area contributed by atoms with Crippen LogP contribution in [0.1, 0.15) is 38.5 Å². The van der Waals surface area contributed by atoms with Gasteiger partial charge in [0.1, 0.15) is 45.0 Å². The summed E-state index contributed by atoms with van der Waals surface area (Å²) in [6.45, 7) is 0.385. The number of sulfone groups is 1. The van der Waals surface area contributed by atoms with Crippen LogP contribution in [0.5, 0.6) is 23.0 Å². The van der Waals surface area contributed by atoms with Gasteiger partial charge >= 0.3 is 0 Å². The summed E-state index contributed by atoms with van der Waals surface area (Å²) in [5.41, 5.74) is -0.751. The molecule has 2 heterocycles. The van der Waals surface area contributed by atoms with E-state index in [0.717, 1.165) is 18.9 Å². The summed E-state index contributed by atoms with van der Waals surface area (Å²) in [6, 6.07) is 14.5. The fraction of sp³-hybridized carbons (Fsp3) is 0.361. The van der Waals surface area contributed by atoms with Crippen molar-refractivity contribution in [3.63, 3.8) is 0 Å². The van der Waals surface area contributed by atoms with Gasteiger partial charge in [0.15, 0.2) is 11.5 Å². The molecule has 1 aromatic heterocycles. The predicted octanol–water partition coefficient (Wildman–Crippen LogP) is 5.75. The van der Waals surface area contributed by atoms with E-state index >= 15 is 4.39 Å². The van der Waals surface area contributed by atoms with Crippen molar-refractivity contribution in [3.05, 3.63) is 78.5 Å². The SMILES string of the molecule is COc1cc2c(Oc3ccc(NC(=O)C4(C(=O)Nc5ccc(F)cc5)CC4)c(F)c3)ccnc2cc1OCC1(NC2CCS(=O)(=O)CC2)CC1. The highest BCUT2D eigenvalue weighted by Gasteiger charge is 2.56. The normalized spacial score (nSPS) is 18.5. The maximum absolute atomic E-state index is 15.2. The van der Waals surface area contributed by atoms with Gasteiger partial charge in [0.2, 0.25) is 11.8 Å². The lowest BCUT2D eigenvalue weighted by molar-refractivity contribution is -0.131. The van der Waals surface area contributed by atoms with Gasteiger partial charge in [0.05, 0.1) is 35.4 Å². The molecule has 0 radical (unpaired) electrons. The zero-order valence-corrected chi connectivity index (χ0v) is 28.1. The number of amides is 2. The second-order valence-electron chi connectivity index (χ2n) is 13.2. The minimum Gasteiger partial charge on any atom is -0.493 e. The van der Waals surface area contributed by atoms with Crippen LogP contribution in [0.3, 0.4) is 0 Å². The van der Waals surface area contributed by atoms with Gasteiger partial charge in [-0.05, 0) is 87.1 Å². The maximum atomic E-state index is 15.2. The minimum atomic E-state index is -2.94. The third-order valence-corrected chi connectivity index (χ3v) is 11.3. The molecule has 3 aliphatic rings. The van der Waals surface area contributed by atoms with Gasteiger partial charge in [-0.25, -0.2) is 17.2 Å². The highest BCUT2D eigenvalue weighted by molar-refractivity contribution is 7.91. The molecule has 1 saturated heterocycles. The monoisotopic (exact) mass is 706 g/mol. The van der Waals surface area contributed by atoms with E-state index in [1.165, 1.54) is 43.5 Å². The molecule has 3 aromatic carbocycles. The second-order valence-corrected chi connectivity index (χ2v) is 15.5. The molecular weight excluding hydrogens is 670 g/mol. The molecule has 2 saturated carbocycles. The van der Waals surface area contributed by atoms with Crippen molar-refractivity contribution in [2.75, 3.05) is 35.9 Å².